The summed E-state index contributed by atoms with van der Waals surface area (Å²) in [7, 11) is 1.57. The predicted molar refractivity (Wildman–Crippen MR) is 82.6 cm³/mol. The second-order valence-corrected chi connectivity index (χ2v) is 4.62. The molecule has 104 valence electrons. The number of ketones is 1. The first-order valence-electron chi connectivity index (χ1n) is 6.60. The molecule has 0 saturated heterocycles. The molecule has 0 radical (unpaired) electrons. The zero-order chi connectivity index (χ0) is 14.7. The van der Waals surface area contributed by atoms with Crippen molar-refractivity contribution in [2.24, 2.45) is 0 Å². The third-order valence-corrected chi connectivity index (χ3v) is 3.33. The van der Waals surface area contributed by atoms with Crippen molar-refractivity contribution in [3.05, 3.63) is 72.2 Å². The molecule has 3 heteroatoms. The van der Waals surface area contributed by atoms with Crippen molar-refractivity contribution in [1.82, 2.24) is 0 Å². The lowest BCUT2D eigenvalue weighted by molar-refractivity contribution is 0.104. The Hall–Kier alpha value is -2.81. The van der Waals surface area contributed by atoms with E-state index in [9.17, 15) is 4.79 Å². The largest absolute Gasteiger partial charge is 0.496 e. The molecule has 1 heterocycles. The van der Waals surface area contributed by atoms with Gasteiger partial charge in [0.2, 0.25) is 0 Å². The molecular formula is C18H14O3. The molecule has 21 heavy (non-hydrogen) atoms. The number of carbonyl (C=O) groups excluding carboxylic acids is 1. The average molecular weight is 278 g/mol. The lowest BCUT2D eigenvalue weighted by atomic mass is 9.99. The smallest absolute Gasteiger partial charge is 0.190 e. The predicted octanol–water partition coefficient (Wildman–Crippen LogP) is 4.34. The molecule has 0 aliphatic heterocycles. The first-order valence-corrected chi connectivity index (χ1v) is 6.60. The molecule has 3 rings (SSSR count). The van der Waals surface area contributed by atoms with Crippen molar-refractivity contribution >= 4 is 22.6 Å². The number of methoxy groups -OCH3 is 1. The molecule has 2 aromatic carbocycles. The zero-order valence-electron chi connectivity index (χ0n) is 11.6. The number of hydrogen-bond acceptors (Lipinski definition) is 3. The molecule has 0 atom stereocenters. The summed E-state index contributed by atoms with van der Waals surface area (Å²) in [6.45, 7) is 0. The number of carbonyl (C=O) groups is 1. The first-order chi connectivity index (χ1) is 10.3. The van der Waals surface area contributed by atoms with E-state index in [0.717, 1.165) is 16.3 Å². The fourth-order valence-electron chi connectivity index (χ4n) is 2.30. The molecule has 3 nitrogen and oxygen atoms in total. The van der Waals surface area contributed by atoms with E-state index in [-0.39, 0.29) is 5.78 Å². The van der Waals surface area contributed by atoms with Gasteiger partial charge in [-0.2, -0.15) is 0 Å². The van der Waals surface area contributed by atoms with Crippen molar-refractivity contribution in [3.8, 4) is 5.75 Å². The van der Waals surface area contributed by atoms with Gasteiger partial charge >= 0.3 is 0 Å². The van der Waals surface area contributed by atoms with E-state index < -0.39 is 0 Å². The molecule has 0 aliphatic carbocycles. The summed E-state index contributed by atoms with van der Waals surface area (Å²) in [5.41, 5.74) is 1.43. The molecule has 0 saturated carbocycles. The third-order valence-electron chi connectivity index (χ3n) is 3.33. The second kappa shape index (κ2) is 5.67. The number of benzene rings is 2. The van der Waals surface area contributed by atoms with Gasteiger partial charge in [0.05, 0.1) is 25.2 Å². The number of fused-ring (bicyclic) bond motifs is 1. The molecular weight excluding hydrogens is 264 g/mol. The van der Waals surface area contributed by atoms with Crippen LogP contribution in [-0.2, 0) is 0 Å². The van der Waals surface area contributed by atoms with E-state index in [0.29, 0.717) is 11.3 Å². The second-order valence-electron chi connectivity index (χ2n) is 4.62. The summed E-state index contributed by atoms with van der Waals surface area (Å²) >= 11 is 0. The third kappa shape index (κ3) is 2.58. The van der Waals surface area contributed by atoms with E-state index >= 15 is 0 Å². The van der Waals surface area contributed by atoms with Crippen LogP contribution in [0.5, 0.6) is 5.75 Å². The van der Waals surface area contributed by atoms with Gasteiger partial charge < -0.3 is 9.15 Å². The average Bonchev–Trinajstić information content (AvgIpc) is 3.04. The number of furan rings is 1. The lowest BCUT2D eigenvalue weighted by Gasteiger charge is -2.09. The zero-order valence-corrected chi connectivity index (χ0v) is 11.6. The van der Waals surface area contributed by atoms with Gasteiger partial charge in [0.1, 0.15) is 5.75 Å². The van der Waals surface area contributed by atoms with E-state index in [1.165, 1.54) is 6.08 Å². The quantitative estimate of drug-likeness (QED) is 0.526. The monoisotopic (exact) mass is 278 g/mol. The summed E-state index contributed by atoms with van der Waals surface area (Å²) in [5, 5.41) is 1.90. The van der Waals surface area contributed by atoms with Gasteiger partial charge in [0, 0.05) is 5.56 Å². The molecule has 0 bridgehead atoms. The number of rotatable bonds is 4. The number of ether oxygens (including phenoxy) is 1. The van der Waals surface area contributed by atoms with Crippen LogP contribution in [0.25, 0.3) is 16.8 Å². The van der Waals surface area contributed by atoms with Crippen molar-refractivity contribution < 1.29 is 13.9 Å². The summed E-state index contributed by atoms with van der Waals surface area (Å²) in [6, 6.07) is 13.3. The highest BCUT2D eigenvalue weighted by Crippen LogP contribution is 2.28. The Labute approximate surface area is 122 Å². The molecule has 0 N–H and O–H groups in total. The highest BCUT2D eigenvalue weighted by atomic mass is 16.5. The van der Waals surface area contributed by atoms with Crippen LogP contribution in [0, 0.1) is 0 Å². The summed E-state index contributed by atoms with van der Waals surface area (Å²) in [6.07, 6.45) is 6.43. The summed E-state index contributed by atoms with van der Waals surface area (Å²) in [5.74, 6) is 0.486. The maximum Gasteiger partial charge on any atom is 0.190 e. The topological polar surface area (TPSA) is 39.4 Å². The normalized spacial score (nSPS) is 11.1. The maximum atomic E-state index is 12.5. The minimum absolute atomic E-state index is 0.0927. The van der Waals surface area contributed by atoms with E-state index in [2.05, 4.69) is 0 Å². The van der Waals surface area contributed by atoms with Gasteiger partial charge in [-0.3, -0.25) is 4.79 Å². The maximum absolute atomic E-state index is 12.5. The number of hydrogen-bond donors (Lipinski definition) is 0. The van der Waals surface area contributed by atoms with Gasteiger partial charge in [0.15, 0.2) is 5.78 Å². The Bertz CT molecular complexity index is 798. The van der Waals surface area contributed by atoms with E-state index in [4.69, 9.17) is 9.15 Å². The van der Waals surface area contributed by atoms with Gasteiger partial charge in [-0.1, -0.05) is 30.3 Å². The lowest BCUT2D eigenvalue weighted by Crippen LogP contribution is -2.00. The van der Waals surface area contributed by atoms with Crippen LogP contribution >= 0.6 is 0 Å². The Kier molecular flexibility index (Phi) is 3.56. The fraction of sp³-hybridized carbons (Fsp3) is 0.0556. The summed E-state index contributed by atoms with van der Waals surface area (Å²) < 4.78 is 10.3. The van der Waals surface area contributed by atoms with Gasteiger partial charge in [0.25, 0.3) is 0 Å². The van der Waals surface area contributed by atoms with Crippen LogP contribution in [-0.4, -0.2) is 12.9 Å². The molecule has 1 aromatic heterocycles. The van der Waals surface area contributed by atoms with Crippen molar-refractivity contribution in [3.63, 3.8) is 0 Å². The molecule has 0 aliphatic rings. The standard InChI is InChI=1S/C18H14O3/c1-20-17-9-7-14-4-2-3-5-15(14)18(17)16(19)8-6-13-10-11-21-12-13/h2-12H,1H3/b8-6+. The first kappa shape index (κ1) is 13.2. The highest BCUT2D eigenvalue weighted by Gasteiger charge is 2.13. The van der Waals surface area contributed by atoms with Crippen LogP contribution in [0.4, 0.5) is 0 Å². The Balaban J connectivity index is 2.07. The van der Waals surface area contributed by atoms with Crippen LogP contribution in [0.1, 0.15) is 15.9 Å². The highest BCUT2D eigenvalue weighted by molar-refractivity contribution is 6.16. The summed E-state index contributed by atoms with van der Waals surface area (Å²) in [4.78, 5) is 12.5. The fourth-order valence-corrected chi connectivity index (χ4v) is 2.30. The van der Waals surface area contributed by atoms with E-state index in [1.807, 2.05) is 36.4 Å². The van der Waals surface area contributed by atoms with Crippen LogP contribution in [0.2, 0.25) is 0 Å². The Morgan fingerprint density at radius 1 is 1.14 bits per heavy atom. The molecule has 0 amide bonds. The minimum Gasteiger partial charge on any atom is -0.496 e. The Morgan fingerprint density at radius 3 is 2.76 bits per heavy atom. The van der Waals surface area contributed by atoms with Crippen molar-refractivity contribution in [1.29, 1.82) is 0 Å². The van der Waals surface area contributed by atoms with Crippen LogP contribution in [0.15, 0.2) is 65.5 Å². The Morgan fingerprint density at radius 2 is 2.00 bits per heavy atom. The van der Waals surface area contributed by atoms with Gasteiger partial charge in [-0.15, -0.1) is 0 Å². The molecule has 0 unspecified atom stereocenters. The SMILES string of the molecule is COc1ccc2ccccc2c1C(=O)/C=C/c1ccoc1. The van der Waals surface area contributed by atoms with E-state index in [1.54, 1.807) is 31.8 Å². The van der Waals surface area contributed by atoms with Crippen LogP contribution < -0.4 is 4.74 Å². The minimum atomic E-state index is -0.0927. The van der Waals surface area contributed by atoms with Crippen molar-refractivity contribution in [2.75, 3.05) is 7.11 Å². The molecule has 0 fully saturated rings. The van der Waals surface area contributed by atoms with Crippen molar-refractivity contribution in [2.45, 2.75) is 0 Å². The number of allylic oxidation sites excluding steroid dienone is 1. The van der Waals surface area contributed by atoms with Gasteiger partial charge in [-0.25, -0.2) is 0 Å². The molecule has 0 spiro atoms. The van der Waals surface area contributed by atoms with Gasteiger partial charge in [-0.05, 0) is 35.1 Å². The molecule has 3 aromatic rings. The van der Waals surface area contributed by atoms with Crippen LogP contribution in [0.3, 0.4) is 0 Å².